The van der Waals surface area contributed by atoms with Crippen LogP contribution in [0.4, 0.5) is 22.7 Å². The number of unbranched alkanes of at least 4 members (excludes halogenated alkanes) is 8. The number of esters is 1. The topological polar surface area (TPSA) is 50.8 Å². The van der Waals surface area contributed by atoms with Crippen molar-refractivity contribution in [3.8, 4) is 11.5 Å². The molecule has 268 valence electrons. The van der Waals surface area contributed by atoms with Crippen molar-refractivity contribution in [1.82, 2.24) is 0 Å². The van der Waals surface area contributed by atoms with E-state index in [4.69, 9.17) is 9.47 Å². The van der Waals surface area contributed by atoms with Gasteiger partial charge in [-0.3, -0.25) is 0 Å². The van der Waals surface area contributed by atoms with Crippen LogP contribution in [0.15, 0.2) is 109 Å². The van der Waals surface area contributed by atoms with Crippen LogP contribution in [-0.4, -0.2) is 12.5 Å². The first-order valence-electron chi connectivity index (χ1n) is 19.5. The van der Waals surface area contributed by atoms with Gasteiger partial charge in [0, 0.05) is 52.1 Å². The summed E-state index contributed by atoms with van der Waals surface area (Å²) in [5, 5.41) is 3.58. The number of hydrogen-bond donors (Lipinski definition) is 1. The number of benzene rings is 5. The number of ether oxygens (including phenoxy) is 2. The Morgan fingerprint density at radius 2 is 1.31 bits per heavy atom. The van der Waals surface area contributed by atoms with Crippen molar-refractivity contribution in [2.45, 2.75) is 97.0 Å². The van der Waals surface area contributed by atoms with Gasteiger partial charge < -0.3 is 19.7 Å². The third-order valence-electron chi connectivity index (χ3n) is 10.7. The Bertz CT molecular complexity index is 1990. The monoisotopic (exact) mass is 692 g/mol. The highest BCUT2D eigenvalue weighted by Gasteiger charge is 2.53. The second kappa shape index (κ2) is 16.1. The first-order chi connectivity index (χ1) is 25.5. The molecule has 5 aromatic rings. The van der Waals surface area contributed by atoms with Crippen LogP contribution < -0.4 is 15.0 Å². The fourth-order valence-corrected chi connectivity index (χ4v) is 7.84. The molecular formula is C47H52N2O3. The summed E-state index contributed by atoms with van der Waals surface area (Å²) in [5.41, 5.74) is 8.54. The summed E-state index contributed by atoms with van der Waals surface area (Å²) in [6, 6.07) is 37.7. The maximum Gasteiger partial charge on any atom is 0.340 e. The standard InChI is InChI=1S/C47H52N2O3/c1-4-6-8-10-11-18-30-49(37-26-24-35(25-27-37)19-13-9-7-5-2)38-28-29-41-45(32-38)51-44-31-34(3)43(48-36-20-14-12-15-21-36)33-42(44)47(41)40-23-17-16-22-39(40)46(50)52-47/h12,14-17,20-29,31-33,48H,4-11,13,18-19,30H2,1-3H3. The number of aryl methyl sites for hydroxylation is 2. The zero-order valence-corrected chi connectivity index (χ0v) is 31.0. The van der Waals surface area contributed by atoms with Crippen LogP contribution in [0, 0.1) is 6.92 Å². The number of fused-ring (bicyclic) bond motifs is 6. The van der Waals surface area contributed by atoms with Crippen molar-refractivity contribution in [3.63, 3.8) is 0 Å². The highest BCUT2D eigenvalue weighted by molar-refractivity contribution is 5.97. The zero-order chi connectivity index (χ0) is 35.9. The van der Waals surface area contributed by atoms with E-state index in [0.717, 1.165) is 58.7 Å². The summed E-state index contributed by atoms with van der Waals surface area (Å²) in [5.74, 6) is 1.08. The average Bonchev–Trinajstić information content (AvgIpc) is 3.46. The molecule has 5 aromatic carbocycles. The molecule has 0 bridgehead atoms. The van der Waals surface area contributed by atoms with E-state index >= 15 is 0 Å². The van der Waals surface area contributed by atoms with E-state index in [2.05, 4.69) is 85.6 Å². The Kier molecular flexibility index (Phi) is 11.0. The normalized spacial score (nSPS) is 15.4. The maximum absolute atomic E-state index is 13.6. The molecule has 52 heavy (non-hydrogen) atoms. The Hall–Kier alpha value is -5.03. The lowest BCUT2D eigenvalue weighted by Gasteiger charge is -2.38. The van der Waals surface area contributed by atoms with Crippen LogP contribution in [0.5, 0.6) is 11.5 Å². The fourth-order valence-electron chi connectivity index (χ4n) is 7.84. The van der Waals surface area contributed by atoms with E-state index in [1.807, 2.05) is 54.6 Å². The van der Waals surface area contributed by atoms with Crippen molar-refractivity contribution in [2.24, 2.45) is 0 Å². The van der Waals surface area contributed by atoms with Gasteiger partial charge in [-0.15, -0.1) is 0 Å². The maximum atomic E-state index is 13.6. The number of nitrogens with one attached hydrogen (secondary N) is 1. The fraction of sp³-hybridized carbons (Fsp3) is 0.340. The smallest absolute Gasteiger partial charge is 0.340 e. The Morgan fingerprint density at radius 3 is 2.10 bits per heavy atom. The molecule has 2 aliphatic heterocycles. The molecule has 2 heterocycles. The Balaban J connectivity index is 1.27. The van der Waals surface area contributed by atoms with E-state index in [0.29, 0.717) is 17.1 Å². The van der Waals surface area contributed by atoms with Gasteiger partial charge in [0.25, 0.3) is 0 Å². The molecule has 1 atom stereocenters. The van der Waals surface area contributed by atoms with Crippen LogP contribution in [0.2, 0.25) is 0 Å². The van der Waals surface area contributed by atoms with Crippen LogP contribution in [-0.2, 0) is 16.8 Å². The summed E-state index contributed by atoms with van der Waals surface area (Å²) in [6.45, 7) is 7.52. The molecule has 0 saturated carbocycles. The van der Waals surface area contributed by atoms with Crippen molar-refractivity contribution < 1.29 is 14.3 Å². The van der Waals surface area contributed by atoms with E-state index in [-0.39, 0.29) is 5.97 Å². The van der Waals surface area contributed by atoms with Crippen LogP contribution in [0.25, 0.3) is 0 Å². The lowest BCUT2D eigenvalue weighted by molar-refractivity contribution is 0.0224. The van der Waals surface area contributed by atoms with Gasteiger partial charge in [-0.2, -0.15) is 0 Å². The minimum Gasteiger partial charge on any atom is -0.456 e. The summed E-state index contributed by atoms with van der Waals surface area (Å²) in [4.78, 5) is 16.0. The summed E-state index contributed by atoms with van der Waals surface area (Å²) in [6.07, 6.45) is 13.6. The second-order valence-electron chi connectivity index (χ2n) is 14.4. The Morgan fingerprint density at radius 1 is 0.635 bits per heavy atom. The zero-order valence-electron chi connectivity index (χ0n) is 31.0. The predicted molar refractivity (Wildman–Crippen MR) is 214 cm³/mol. The average molecular weight is 693 g/mol. The van der Waals surface area contributed by atoms with Gasteiger partial charge in [-0.05, 0) is 91.9 Å². The number of para-hydroxylation sites is 1. The van der Waals surface area contributed by atoms with Gasteiger partial charge in [0.15, 0.2) is 5.60 Å². The molecule has 0 radical (unpaired) electrons. The first kappa shape index (κ1) is 35.4. The molecule has 2 aliphatic rings. The Labute approximate surface area is 310 Å². The number of rotatable bonds is 16. The van der Waals surface area contributed by atoms with Crippen molar-refractivity contribution in [3.05, 3.63) is 143 Å². The summed E-state index contributed by atoms with van der Waals surface area (Å²) >= 11 is 0. The molecule has 0 saturated heterocycles. The summed E-state index contributed by atoms with van der Waals surface area (Å²) in [7, 11) is 0. The van der Waals surface area contributed by atoms with Crippen molar-refractivity contribution in [2.75, 3.05) is 16.8 Å². The molecule has 0 aliphatic carbocycles. The number of carbonyl (C=O) groups is 1. The van der Waals surface area contributed by atoms with Gasteiger partial charge >= 0.3 is 5.97 Å². The van der Waals surface area contributed by atoms with Gasteiger partial charge in [-0.1, -0.05) is 114 Å². The molecule has 1 spiro atoms. The minimum absolute atomic E-state index is 0.323. The molecular weight excluding hydrogens is 641 g/mol. The predicted octanol–water partition coefficient (Wildman–Crippen LogP) is 12.9. The number of hydrogen-bond acceptors (Lipinski definition) is 5. The third-order valence-corrected chi connectivity index (χ3v) is 10.7. The SMILES string of the molecule is CCCCCCCCN(c1ccc(CCCCCC)cc1)c1ccc2c(c1)Oc1cc(C)c(Nc3ccccc3)cc1C21OC(=O)c2ccccc21. The molecule has 0 amide bonds. The minimum atomic E-state index is -1.14. The quantitative estimate of drug-likeness (QED) is 0.0824. The lowest BCUT2D eigenvalue weighted by Crippen LogP contribution is -2.33. The first-order valence-corrected chi connectivity index (χ1v) is 19.5. The van der Waals surface area contributed by atoms with Crippen molar-refractivity contribution in [1.29, 1.82) is 0 Å². The highest BCUT2D eigenvalue weighted by atomic mass is 16.6. The van der Waals surface area contributed by atoms with Crippen molar-refractivity contribution >= 4 is 28.7 Å². The largest absolute Gasteiger partial charge is 0.456 e. The molecule has 1 N–H and O–H groups in total. The van der Waals surface area contributed by atoms with Gasteiger partial charge in [0.2, 0.25) is 0 Å². The molecule has 0 aromatic heterocycles. The summed E-state index contributed by atoms with van der Waals surface area (Å²) < 4.78 is 13.4. The van der Waals surface area contributed by atoms with Crippen LogP contribution >= 0.6 is 0 Å². The van der Waals surface area contributed by atoms with Crippen LogP contribution in [0.3, 0.4) is 0 Å². The van der Waals surface area contributed by atoms with E-state index in [1.165, 1.54) is 69.0 Å². The number of nitrogens with zero attached hydrogens (tertiary/aromatic N) is 1. The molecule has 1 unspecified atom stereocenters. The molecule has 5 nitrogen and oxygen atoms in total. The lowest BCUT2D eigenvalue weighted by atomic mass is 9.77. The number of carbonyl (C=O) groups excluding carboxylic acids is 1. The van der Waals surface area contributed by atoms with Gasteiger partial charge in [0.05, 0.1) is 5.56 Å². The second-order valence-corrected chi connectivity index (χ2v) is 14.4. The molecule has 5 heteroatoms. The van der Waals surface area contributed by atoms with E-state index in [9.17, 15) is 4.79 Å². The third kappa shape index (κ3) is 7.19. The highest BCUT2D eigenvalue weighted by Crippen LogP contribution is 2.57. The van der Waals surface area contributed by atoms with Gasteiger partial charge in [0.1, 0.15) is 11.5 Å². The van der Waals surface area contributed by atoms with Gasteiger partial charge in [-0.25, -0.2) is 4.79 Å². The number of anilines is 4. The van der Waals surface area contributed by atoms with E-state index < -0.39 is 5.60 Å². The molecule has 7 rings (SSSR count). The van der Waals surface area contributed by atoms with E-state index in [1.54, 1.807) is 0 Å². The van der Waals surface area contributed by atoms with Crippen LogP contribution in [0.1, 0.15) is 116 Å². The molecule has 0 fully saturated rings.